The Hall–Kier alpha value is -6.91. The molecule has 0 saturated heterocycles. The van der Waals surface area contributed by atoms with E-state index in [0.29, 0.717) is 17.5 Å². The van der Waals surface area contributed by atoms with Gasteiger partial charge in [0.25, 0.3) is 0 Å². The number of aromatic nitrogens is 3. The summed E-state index contributed by atoms with van der Waals surface area (Å²) in [5.41, 5.74) is 9.15. The minimum atomic E-state index is 0.609. The summed E-state index contributed by atoms with van der Waals surface area (Å²) in [6.07, 6.45) is 0. The van der Waals surface area contributed by atoms with E-state index in [1.54, 1.807) is 0 Å². The Morgan fingerprint density at radius 2 is 0.843 bits per heavy atom. The fourth-order valence-corrected chi connectivity index (χ4v) is 7.22. The van der Waals surface area contributed by atoms with E-state index >= 15 is 0 Å². The summed E-state index contributed by atoms with van der Waals surface area (Å²) < 4.78 is 6.55. The first kappa shape index (κ1) is 29.0. The maximum atomic E-state index is 6.55. The molecule has 0 atom stereocenters. The third-order valence-electron chi connectivity index (χ3n) is 9.73. The Morgan fingerprint density at radius 3 is 1.59 bits per heavy atom. The molecular weight excluding hydrogens is 623 g/mol. The van der Waals surface area contributed by atoms with Crippen molar-refractivity contribution in [1.29, 1.82) is 0 Å². The molecule has 0 spiro atoms. The Balaban J connectivity index is 1.13. The zero-order valence-electron chi connectivity index (χ0n) is 27.5. The quantitative estimate of drug-likeness (QED) is 0.186. The van der Waals surface area contributed by atoms with E-state index in [2.05, 4.69) is 133 Å². The van der Waals surface area contributed by atoms with Gasteiger partial charge >= 0.3 is 0 Å². The maximum absolute atomic E-state index is 6.55. The van der Waals surface area contributed by atoms with Gasteiger partial charge in [-0.15, -0.1) is 0 Å². The molecule has 0 N–H and O–H groups in total. The molecule has 0 aliphatic carbocycles. The predicted octanol–water partition coefficient (Wildman–Crippen LogP) is 12.4. The van der Waals surface area contributed by atoms with Crippen LogP contribution in [0.3, 0.4) is 0 Å². The van der Waals surface area contributed by atoms with Crippen LogP contribution in [0.15, 0.2) is 180 Å². The van der Waals surface area contributed by atoms with Crippen LogP contribution in [-0.2, 0) is 0 Å². The second kappa shape index (κ2) is 11.9. The lowest BCUT2D eigenvalue weighted by atomic mass is 9.95. The lowest BCUT2D eigenvalue weighted by Gasteiger charge is -2.10. The Labute approximate surface area is 294 Å². The molecule has 4 nitrogen and oxygen atoms in total. The van der Waals surface area contributed by atoms with E-state index < -0.39 is 0 Å². The van der Waals surface area contributed by atoms with Crippen LogP contribution in [0.1, 0.15) is 0 Å². The number of rotatable bonds is 5. The Kier molecular flexibility index (Phi) is 6.78. The van der Waals surface area contributed by atoms with Gasteiger partial charge in [0.1, 0.15) is 11.2 Å². The van der Waals surface area contributed by atoms with Crippen molar-refractivity contribution in [3.05, 3.63) is 176 Å². The van der Waals surface area contributed by atoms with Crippen LogP contribution in [0.25, 0.3) is 99.9 Å². The van der Waals surface area contributed by atoms with Crippen LogP contribution < -0.4 is 0 Å². The van der Waals surface area contributed by atoms with Gasteiger partial charge < -0.3 is 4.42 Å². The highest BCUT2D eigenvalue weighted by molar-refractivity contribution is 6.19. The SMILES string of the molecule is c1ccc(-c2nc(-c3ccc(-c4cccc5ccccc45)cc3)nc(-c3ccc4oc5c6ccccc6c(-c6ccccc6)cc5c4c3)n2)cc1. The largest absolute Gasteiger partial charge is 0.455 e. The molecule has 0 aliphatic heterocycles. The molecule has 0 bridgehead atoms. The van der Waals surface area contributed by atoms with Crippen LogP contribution in [0.5, 0.6) is 0 Å². The fraction of sp³-hybridized carbons (Fsp3) is 0. The molecule has 51 heavy (non-hydrogen) atoms. The minimum absolute atomic E-state index is 0.609. The summed E-state index contributed by atoms with van der Waals surface area (Å²) in [4.78, 5) is 15.1. The number of hydrogen-bond acceptors (Lipinski definition) is 4. The monoisotopic (exact) mass is 651 g/mol. The first-order chi connectivity index (χ1) is 25.3. The Bertz CT molecular complexity index is 2890. The number of fused-ring (bicyclic) bond motifs is 6. The molecule has 0 fully saturated rings. The number of hydrogen-bond donors (Lipinski definition) is 0. The molecule has 0 amide bonds. The average molecular weight is 652 g/mol. The first-order valence-electron chi connectivity index (χ1n) is 17.1. The minimum Gasteiger partial charge on any atom is -0.455 e. The molecule has 238 valence electrons. The average Bonchev–Trinajstić information content (AvgIpc) is 3.59. The number of furan rings is 1. The van der Waals surface area contributed by atoms with Crippen molar-refractivity contribution in [1.82, 2.24) is 15.0 Å². The second-order valence-electron chi connectivity index (χ2n) is 12.8. The van der Waals surface area contributed by atoms with Crippen molar-refractivity contribution >= 4 is 43.5 Å². The van der Waals surface area contributed by atoms with Crippen LogP contribution in [0, 0.1) is 0 Å². The van der Waals surface area contributed by atoms with Gasteiger partial charge in [-0.2, -0.15) is 0 Å². The standard InChI is InChI=1S/C47H29N3O/c1-3-12-31(13-4-1)40-29-42-41-28-35(26-27-43(41)51-44(42)39-20-10-9-19-38(39)40)47-49-45(33-15-5-2-6-16-33)48-46(50-47)34-24-22-32(23-25-34)37-21-11-17-30-14-7-8-18-36(30)37/h1-29H. The van der Waals surface area contributed by atoms with Crippen LogP contribution >= 0.6 is 0 Å². The van der Waals surface area contributed by atoms with Crippen molar-refractivity contribution in [3.63, 3.8) is 0 Å². The van der Waals surface area contributed by atoms with Gasteiger partial charge in [0.2, 0.25) is 0 Å². The van der Waals surface area contributed by atoms with Crippen molar-refractivity contribution in [2.75, 3.05) is 0 Å². The summed E-state index contributed by atoms with van der Waals surface area (Å²) in [5, 5.41) is 6.79. The topological polar surface area (TPSA) is 51.8 Å². The fourth-order valence-electron chi connectivity index (χ4n) is 7.22. The zero-order valence-corrected chi connectivity index (χ0v) is 27.5. The smallest absolute Gasteiger partial charge is 0.164 e. The summed E-state index contributed by atoms with van der Waals surface area (Å²) in [5.74, 6) is 1.86. The molecule has 0 saturated carbocycles. The van der Waals surface area contributed by atoms with Gasteiger partial charge in [-0.3, -0.25) is 0 Å². The molecular formula is C47H29N3O. The van der Waals surface area contributed by atoms with Crippen molar-refractivity contribution in [3.8, 4) is 56.4 Å². The second-order valence-corrected chi connectivity index (χ2v) is 12.8. The van der Waals surface area contributed by atoms with Gasteiger partial charge in [0, 0.05) is 32.8 Å². The molecule has 2 heterocycles. The van der Waals surface area contributed by atoms with E-state index in [-0.39, 0.29) is 0 Å². The van der Waals surface area contributed by atoms with Crippen molar-refractivity contribution < 1.29 is 4.42 Å². The van der Waals surface area contributed by atoms with Crippen LogP contribution in [0.2, 0.25) is 0 Å². The number of benzene rings is 8. The molecule has 0 aliphatic rings. The molecule has 10 aromatic rings. The highest BCUT2D eigenvalue weighted by Gasteiger charge is 2.18. The van der Waals surface area contributed by atoms with E-state index in [1.807, 2.05) is 42.5 Å². The van der Waals surface area contributed by atoms with Crippen LogP contribution in [0.4, 0.5) is 0 Å². The van der Waals surface area contributed by atoms with Gasteiger partial charge in [0.05, 0.1) is 0 Å². The molecule has 10 rings (SSSR count). The summed E-state index contributed by atoms with van der Waals surface area (Å²) >= 11 is 0. The maximum Gasteiger partial charge on any atom is 0.164 e. The lowest BCUT2D eigenvalue weighted by molar-refractivity contribution is 0.672. The number of nitrogens with zero attached hydrogens (tertiary/aromatic N) is 3. The third-order valence-corrected chi connectivity index (χ3v) is 9.73. The summed E-state index contributed by atoms with van der Waals surface area (Å²) in [6, 6.07) is 61.0. The van der Waals surface area contributed by atoms with E-state index in [4.69, 9.17) is 19.4 Å². The van der Waals surface area contributed by atoms with Crippen molar-refractivity contribution in [2.45, 2.75) is 0 Å². The van der Waals surface area contributed by atoms with Gasteiger partial charge in [0.15, 0.2) is 17.5 Å². The van der Waals surface area contributed by atoms with E-state index in [9.17, 15) is 0 Å². The van der Waals surface area contributed by atoms with Crippen LogP contribution in [-0.4, -0.2) is 15.0 Å². The highest BCUT2D eigenvalue weighted by Crippen LogP contribution is 2.41. The predicted molar refractivity (Wildman–Crippen MR) is 209 cm³/mol. The van der Waals surface area contributed by atoms with E-state index in [0.717, 1.165) is 55.0 Å². The normalized spacial score (nSPS) is 11.5. The van der Waals surface area contributed by atoms with Gasteiger partial charge in [-0.25, -0.2) is 15.0 Å². The van der Waals surface area contributed by atoms with Gasteiger partial charge in [-0.1, -0.05) is 152 Å². The summed E-state index contributed by atoms with van der Waals surface area (Å²) in [6.45, 7) is 0. The van der Waals surface area contributed by atoms with E-state index in [1.165, 1.54) is 27.5 Å². The molecule has 0 unspecified atom stereocenters. The van der Waals surface area contributed by atoms with Gasteiger partial charge in [-0.05, 0) is 62.7 Å². The highest BCUT2D eigenvalue weighted by atomic mass is 16.3. The summed E-state index contributed by atoms with van der Waals surface area (Å²) in [7, 11) is 0. The lowest BCUT2D eigenvalue weighted by Crippen LogP contribution is -2.00. The Morgan fingerprint density at radius 1 is 0.314 bits per heavy atom. The third kappa shape index (κ3) is 5.04. The van der Waals surface area contributed by atoms with Crippen molar-refractivity contribution in [2.24, 2.45) is 0 Å². The molecule has 2 aromatic heterocycles. The molecule has 8 aromatic carbocycles. The molecule has 4 heteroatoms. The first-order valence-corrected chi connectivity index (χ1v) is 17.1. The zero-order chi connectivity index (χ0) is 33.7. The molecule has 0 radical (unpaired) electrons.